The van der Waals surface area contributed by atoms with Gasteiger partial charge in [-0.05, 0) is 31.9 Å². The second-order valence-corrected chi connectivity index (χ2v) is 7.37. The van der Waals surface area contributed by atoms with E-state index >= 15 is 0 Å². The molecule has 0 amide bonds. The van der Waals surface area contributed by atoms with Gasteiger partial charge < -0.3 is 9.47 Å². The molecule has 0 N–H and O–H groups in total. The van der Waals surface area contributed by atoms with Gasteiger partial charge in [-0.25, -0.2) is 17.8 Å². The van der Waals surface area contributed by atoms with Gasteiger partial charge in [-0.3, -0.25) is 0 Å². The van der Waals surface area contributed by atoms with E-state index in [1.54, 1.807) is 6.92 Å². The Bertz CT molecular complexity index is 596. The molecule has 2 heterocycles. The number of aromatic nitrogens is 1. The fourth-order valence-electron chi connectivity index (χ4n) is 2.34. The number of pyridine rings is 1. The third-order valence-corrected chi connectivity index (χ3v) is 5.59. The van der Waals surface area contributed by atoms with Crippen molar-refractivity contribution in [3.8, 4) is 5.88 Å². The van der Waals surface area contributed by atoms with E-state index in [4.69, 9.17) is 9.47 Å². The van der Waals surface area contributed by atoms with E-state index in [1.807, 2.05) is 0 Å². The third kappa shape index (κ3) is 4.37. The quantitative estimate of drug-likeness (QED) is 0.788. The van der Waals surface area contributed by atoms with Crippen LogP contribution in [0.3, 0.4) is 0 Å². The molecule has 0 aliphatic carbocycles. The zero-order valence-electron chi connectivity index (χ0n) is 12.7. The van der Waals surface area contributed by atoms with Gasteiger partial charge in [0.15, 0.2) is 5.82 Å². The molecule has 2 atom stereocenters. The zero-order valence-corrected chi connectivity index (χ0v) is 13.6. The molecule has 2 unspecified atom stereocenters. The van der Waals surface area contributed by atoms with E-state index in [9.17, 15) is 12.8 Å². The smallest absolute Gasteiger partial charge is 0.250 e. The number of sulfonamides is 1. The van der Waals surface area contributed by atoms with Gasteiger partial charge in [0.25, 0.3) is 5.88 Å². The van der Waals surface area contributed by atoms with Crippen LogP contribution in [-0.4, -0.2) is 55.9 Å². The lowest BCUT2D eigenvalue weighted by atomic mass is 10.1. The first-order valence-corrected chi connectivity index (χ1v) is 8.81. The molecular formula is C14H21FN2O4S. The number of rotatable bonds is 6. The van der Waals surface area contributed by atoms with E-state index in [-0.39, 0.29) is 24.3 Å². The maximum absolute atomic E-state index is 13.6. The fourth-order valence-corrected chi connectivity index (χ4v) is 4.08. The van der Waals surface area contributed by atoms with Crippen LogP contribution in [0.1, 0.15) is 19.8 Å². The lowest BCUT2D eigenvalue weighted by Crippen LogP contribution is -2.46. The Hall–Kier alpha value is -1.25. The van der Waals surface area contributed by atoms with Crippen LogP contribution in [0.4, 0.5) is 4.39 Å². The number of halogens is 1. The molecule has 1 fully saturated rings. The minimum Gasteiger partial charge on any atom is -0.471 e. The summed E-state index contributed by atoms with van der Waals surface area (Å²) in [5.41, 5.74) is 0. The highest BCUT2D eigenvalue weighted by Crippen LogP contribution is 2.21. The Morgan fingerprint density at radius 1 is 1.55 bits per heavy atom. The summed E-state index contributed by atoms with van der Waals surface area (Å²) >= 11 is 0. The fraction of sp³-hybridized carbons (Fsp3) is 0.643. The first-order chi connectivity index (χ1) is 10.4. The average Bonchev–Trinajstić information content (AvgIpc) is 2.49. The van der Waals surface area contributed by atoms with E-state index in [1.165, 1.54) is 29.7 Å². The Morgan fingerprint density at radius 2 is 2.32 bits per heavy atom. The predicted molar refractivity (Wildman–Crippen MR) is 79.7 cm³/mol. The van der Waals surface area contributed by atoms with Gasteiger partial charge in [-0.15, -0.1) is 0 Å². The van der Waals surface area contributed by atoms with Gasteiger partial charge in [0.1, 0.15) is 6.10 Å². The summed E-state index contributed by atoms with van der Waals surface area (Å²) in [4.78, 5) is 3.84. The van der Waals surface area contributed by atoms with Crippen molar-refractivity contribution in [2.45, 2.75) is 32.0 Å². The summed E-state index contributed by atoms with van der Waals surface area (Å²) in [5, 5.41) is 0. The highest BCUT2D eigenvalue weighted by Gasteiger charge is 2.31. The van der Waals surface area contributed by atoms with Crippen molar-refractivity contribution in [2.24, 2.45) is 0 Å². The van der Waals surface area contributed by atoms with Crippen molar-refractivity contribution in [1.29, 1.82) is 0 Å². The molecule has 1 aromatic heterocycles. The molecule has 6 nitrogen and oxygen atoms in total. The molecule has 22 heavy (non-hydrogen) atoms. The summed E-state index contributed by atoms with van der Waals surface area (Å²) in [6.45, 7) is 2.36. The molecule has 1 aromatic rings. The van der Waals surface area contributed by atoms with Crippen molar-refractivity contribution in [1.82, 2.24) is 9.29 Å². The molecule has 1 saturated heterocycles. The van der Waals surface area contributed by atoms with Gasteiger partial charge in [0.2, 0.25) is 10.0 Å². The summed E-state index contributed by atoms with van der Waals surface area (Å²) in [5.74, 6) is -0.707. The lowest BCUT2D eigenvalue weighted by Gasteiger charge is -2.32. The van der Waals surface area contributed by atoms with E-state index in [2.05, 4.69) is 4.98 Å². The van der Waals surface area contributed by atoms with Crippen LogP contribution in [0.5, 0.6) is 5.88 Å². The van der Waals surface area contributed by atoms with Crippen LogP contribution in [0.15, 0.2) is 18.3 Å². The van der Waals surface area contributed by atoms with Gasteiger partial charge >= 0.3 is 0 Å². The van der Waals surface area contributed by atoms with Crippen LogP contribution in [0, 0.1) is 5.82 Å². The summed E-state index contributed by atoms with van der Waals surface area (Å²) in [6, 6.07) is 2.74. The normalized spacial score (nSPS) is 21.5. The average molecular weight is 332 g/mol. The topological polar surface area (TPSA) is 68.7 Å². The molecule has 0 spiro atoms. The maximum Gasteiger partial charge on any atom is 0.250 e. The van der Waals surface area contributed by atoms with Crippen LogP contribution in [0.2, 0.25) is 0 Å². The van der Waals surface area contributed by atoms with Crippen LogP contribution in [-0.2, 0) is 14.8 Å². The SMILES string of the molecule is COC(C)CS(=O)(=O)N1CCCC(Oc2ncccc2F)C1. The molecular weight excluding hydrogens is 311 g/mol. The zero-order chi connectivity index (χ0) is 16.2. The van der Waals surface area contributed by atoms with Gasteiger partial charge in [-0.1, -0.05) is 0 Å². The first kappa shape index (κ1) is 17.1. The molecule has 1 aliphatic rings. The van der Waals surface area contributed by atoms with Crippen molar-refractivity contribution in [3.05, 3.63) is 24.1 Å². The second-order valence-electron chi connectivity index (χ2n) is 5.36. The highest BCUT2D eigenvalue weighted by atomic mass is 32.2. The minimum atomic E-state index is -3.42. The summed E-state index contributed by atoms with van der Waals surface area (Å²) in [7, 11) is -1.94. The molecule has 124 valence electrons. The molecule has 0 aromatic carbocycles. The standard InChI is InChI=1S/C14H21FN2O4S/c1-11(20-2)10-22(18,19)17-8-4-5-12(9-17)21-14-13(15)6-3-7-16-14/h3,6-7,11-12H,4-5,8-10H2,1-2H3. The van der Waals surface area contributed by atoms with Crippen LogP contribution in [0.25, 0.3) is 0 Å². The van der Waals surface area contributed by atoms with Crippen molar-refractivity contribution >= 4 is 10.0 Å². The van der Waals surface area contributed by atoms with E-state index in [0.717, 1.165) is 0 Å². The Morgan fingerprint density at radius 3 is 3.00 bits per heavy atom. The number of nitrogens with zero attached hydrogens (tertiary/aromatic N) is 2. The van der Waals surface area contributed by atoms with Gasteiger partial charge in [0.05, 0.1) is 18.4 Å². The highest BCUT2D eigenvalue weighted by molar-refractivity contribution is 7.89. The second kappa shape index (κ2) is 7.34. The third-order valence-electron chi connectivity index (χ3n) is 3.58. The molecule has 1 aliphatic heterocycles. The number of piperidine rings is 1. The van der Waals surface area contributed by atoms with Crippen molar-refractivity contribution in [3.63, 3.8) is 0 Å². The Balaban J connectivity index is 2.01. The largest absolute Gasteiger partial charge is 0.471 e. The predicted octanol–water partition coefficient (Wildman–Crippen LogP) is 1.43. The lowest BCUT2D eigenvalue weighted by molar-refractivity contribution is 0.114. The Labute approximate surface area is 130 Å². The maximum atomic E-state index is 13.6. The number of hydrogen-bond acceptors (Lipinski definition) is 5. The number of ether oxygens (including phenoxy) is 2. The molecule has 0 saturated carbocycles. The first-order valence-electron chi connectivity index (χ1n) is 7.20. The number of hydrogen-bond donors (Lipinski definition) is 0. The monoisotopic (exact) mass is 332 g/mol. The van der Waals surface area contributed by atoms with E-state index < -0.39 is 21.9 Å². The van der Waals surface area contributed by atoms with Crippen LogP contribution < -0.4 is 4.74 Å². The molecule has 8 heteroatoms. The summed E-state index contributed by atoms with van der Waals surface area (Å²) < 4.78 is 50.1. The molecule has 0 radical (unpaired) electrons. The molecule has 0 bridgehead atoms. The van der Waals surface area contributed by atoms with Crippen LogP contribution >= 0.6 is 0 Å². The Kier molecular flexibility index (Phi) is 5.71. The number of methoxy groups -OCH3 is 1. The van der Waals surface area contributed by atoms with E-state index in [0.29, 0.717) is 19.4 Å². The van der Waals surface area contributed by atoms with Gasteiger partial charge in [-0.2, -0.15) is 4.31 Å². The van der Waals surface area contributed by atoms with Crippen molar-refractivity contribution in [2.75, 3.05) is 26.0 Å². The minimum absolute atomic E-state index is 0.0752. The summed E-state index contributed by atoms with van der Waals surface area (Å²) in [6.07, 6.45) is 2.00. The van der Waals surface area contributed by atoms with Crippen molar-refractivity contribution < 1.29 is 22.3 Å². The van der Waals surface area contributed by atoms with Gasteiger partial charge in [0, 0.05) is 19.9 Å². The molecule has 2 rings (SSSR count).